The second-order valence-corrected chi connectivity index (χ2v) is 16.3. The maximum Gasteiger partial charge on any atom is 1.00 e. The van der Waals surface area contributed by atoms with Crippen molar-refractivity contribution in [1.82, 2.24) is 20.0 Å². The van der Waals surface area contributed by atoms with Crippen LogP contribution in [0.2, 0.25) is 0 Å². The zero-order valence-corrected chi connectivity index (χ0v) is 51.4. The fraction of sp³-hybridized carbons (Fsp3) is 0.706. The molecule has 0 radical (unpaired) electrons. The minimum atomic E-state index is -0.510. The number of unbranched alkanes of at least 4 members (excludes halogenated alkanes) is 18. The van der Waals surface area contributed by atoms with Crippen molar-refractivity contribution in [2.24, 2.45) is 0 Å². The molecule has 0 atom stereocenters. The van der Waals surface area contributed by atoms with Crippen LogP contribution >= 0.6 is 0 Å². The average molecular weight is 1040 g/mol. The number of nitrogens with one attached hydrogen (secondary N) is 1. The van der Waals surface area contributed by atoms with Gasteiger partial charge in [-0.15, -0.1) is 0 Å². The first-order valence-corrected chi connectivity index (χ1v) is 24.7. The number of nitro benzene ring substituents is 1. The summed E-state index contributed by atoms with van der Waals surface area (Å²) in [5.41, 5.74) is -0.0383. The van der Waals surface area contributed by atoms with E-state index in [0.29, 0.717) is 19.4 Å². The van der Waals surface area contributed by atoms with Crippen LogP contribution in [-0.2, 0) is 28.7 Å². The number of methoxy groups -OCH3 is 2. The molecule has 1 N–H and O–H groups in total. The van der Waals surface area contributed by atoms with Crippen molar-refractivity contribution in [3.63, 3.8) is 0 Å². The van der Waals surface area contributed by atoms with Crippen LogP contribution in [0.25, 0.3) is 0 Å². The largest absolute Gasteiger partial charge is 1.00 e. The number of urea groups is 1. The Hall–Kier alpha value is -1.76. The van der Waals surface area contributed by atoms with E-state index in [9.17, 15) is 29.3 Å². The van der Waals surface area contributed by atoms with Crippen LogP contribution in [0, 0.1) is 10.1 Å². The van der Waals surface area contributed by atoms with Crippen LogP contribution in [0.15, 0.2) is 48.6 Å². The summed E-state index contributed by atoms with van der Waals surface area (Å²) in [6, 6.07) is 5.46. The molecule has 0 aliphatic rings. The monoisotopic (exact) mass is 1040 g/mol. The number of carbonyl (C=O) groups excluding carboxylic acids is 5. The van der Waals surface area contributed by atoms with Crippen LogP contribution in [-0.4, -0.2) is 119 Å². The van der Waals surface area contributed by atoms with Gasteiger partial charge < -0.3 is 45.8 Å². The zero-order chi connectivity index (χ0) is 51.5. The van der Waals surface area contributed by atoms with Gasteiger partial charge >= 0.3 is 127 Å². The summed E-state index contributed by atoms with van der Waals surface area (Å²) < 4.78 is 14.2. The maximum atomic E-state index is 11.9. The van der Waals surface area contributed by atoms with Gasteiger partial charge in [0.1, 0.15) is 5.75 Å². The van der Waals surface area contributed by atoms with Gasteiger partial charge in [-0.2, -0.15) is 0 Å². The molecule has 394 valence electrons. The Bertz CT molecular complexity index is 1470. The van der Waals surface area contributed by atoms with Crippen molar-refractivity contribution in [3.8, 4) is 5.75 Å². The van der Waals surface area contributed by atoms with Crippen molar-refractivity contribution in [2.45, 2.75) is 168 Å². The molecule has 0 saturated heterocycles. The molecule has 0 saturated carbocycles. The van der Waals surface area contributed by atoms with Gasteiger partial charge in [-0.3, -0.25) is 24.5 Å². The summed E-state index contributed by atoms with van der Waals surface area (Å²) in [6.07, 6.45) is 36.5. The van der Waals surface area contributed by atoms with Crippen molar-refractivity contribution in [3.05, 3.63) is 58.7 Å². The third kappa shape index (κ3) is 54.0. The van der Waals surface area contributed by atoms with E-state index >= 15 is 0 Å². The van der Waals surface area contributed by atoms with Crippen molar-refractivity contribution in [1.29, 1.82) is 0 Å². The maximum absolute atomic E-state index is 11.9. The van der Waals surface area contributed by atoms with Crippen LogP contribution in [0.5, 0.6) is 5.75 Å². The zero-order valence-electron chi connectivity index (χ0n) is 46.2. The Morgan fingerprint density at radius 3 is 1.34 bits per heavy atom. The molecule has 0 fully saturated rings. The molecule has 0 aliphatic heterocycles. The number of hydrogen-bond acceptors (Lipinski definition) is 13. The standard InChI is InChI=1S/C22H42N2O3.C18H35NO2.C10H12N2O4.CH2O3.2K.H/c1-5-23(2)22(26)24(3)20-18-16-14-12-10-8-6-7-9-11-13-15-17-19-21(25)27-4;1-19-17-15-13-11-9-7-5-3-4-6-8-10-12-14-16-18(20)21-2;1-3-11(2)10(13)16-9-6-4-8(5-7-9)12(14)15;2-1-4-3;;;/h10,12H,5-9,11,13-20H2,1-4H3;7,9,19H,3-6,8,10-17H2,1-2H3;4-7H,3H2,1-2H3;1,3H;;;/q;;;;2*+1;-1/p-1/b12-10-;9-7-;;;;;. The van der Waals surface area contributed by atoms with Gasteiger partial charge in [0.05, 0.1) is 19.1 Å². The Labute approximate surface area is 508 Å². The van der Waals surface area contributed by atoms with Gasteiger partial charge in [-0.05, 0) is 117 Å². The molecule has 17 nitrogen and oxygen atoms in total. The van der Waals surface area contributed by atoms with Crippen LogP contribution in [0.3, 0.4) is 0 Å². The first kappa shape index (κ1) is 77.1. The number of benzene rings is 1. The minimum Gasteiger partial charge on any atom is -1.00 e. The van der Waals surface area contributed by atoms with Gasteiger partial charge in [0, 0.05) is 65.8 Å². The van der Waals surface area contributed by atoms with Gasteiger partial charge in [-0.25, -0.2) is 9.59 Å². The summed E-state index contributed by atoms with van der Waals surface area (Å²) >= 11 is 0. The molecule has 1 aromatic carbocycles. The fourth-order valence-electron chi connectivity index (χ4n) is 6.15. The molecular weight excluding hydrogens is 953 g/mol. The van der Waals surface area contributed by atoms with E-state index in [4.69, 9.17) is 14.8 Å². The number of hydrogen-bond donors (Lipinski definition) is 1. The van der Waals surface area contributed by atoms with E-state index in [1.807, 2.05) is 39.9 Å². The molecule has 0 unspecified atom stereocenters. The molecule has 19 heteroatoms. The predicted molar refractivity (Wildman–Crippen MR) is 269 cm³/mol. The fourth-order valence-corrected chi connectivity index (χ4v) is 6.15. The molecule has 1 rings (SSSR count). The second-order valence-electron chi connectivity index (χ2n) is 16.3. The number of nitrogens with zero attached hydrogens (tertiary/aromatic N) is 4. The molecule has 0 aromatic heterocycles. The van der Waals surface area contributed by atoms with Crippen LogP contribution in [0.1, 0.15) is 169 Å². The smallest absolute Gasteiger partial charge is 1.00 e. The Morgan fingerprint density at radius 2 is 0.986 bits per heavy atom. The van der Waals surface area contributed by atoms with E-state index in [1.165, 1.54) is 140 Å². The predicted octanol–water partition coefficient (Wildman–Crippen LogP) is 4.62. The van der Waals surface area contributed by atoms with Gasteiger partial charge in [-0.1, -0.05) is 88.5 Å². The summed E-state index contributed by atoms with van der Waals surface area (Å²) in [4.78, 5) is 71.2. The summed E-state index contributed by atoms with van der Waals surface area (Å²) in [5, 5.41) is 22.0. The number of non-ortho nitro benzene ring substituents is 1. The molecule has 0 heterocycles. The number of esters is 2. The third-order valence-electron chi connectivity index (χ3n) is 10.7. The Balaban J connectivity index is -0.000000216. The molecule has 3 amide bonds. The summed E-state index contributed by atoms with van der Waals surface area (Å²) in [7, 11) is 10.2. The van der Waals surface area contributed by atoms with Crippen molar-refractivity contribution >= 4 is 36.2 Å². The minimum absolute atomic E-state index is 0. The van der Waals surface area contributed by atoms with Crippen molar-refractivity contribution in [2.75, 3.05) is 68.6 Å². The second kappa shape index (κ2) is 59.8. The molecule has 0 aliphatic carbocycles. The summed E-state index contributed by atoms with van der Waals surface area (Å²) in [6.45, 7) is 6.87. The first-order chi connectivity index (χ1) is 32.8. The van der Waals surface area contributed by atoms with E-state index < -0.39 is 11.0 Å². The number of amides is 3. The van der Waals surface area contributed by atoms with E-state index in [2.05, 4.69) is 44.0 Å². The topological polar surface area (TPSA) is 210 Å². The van der Waals surface area contributed by atoms with Gasteiger partial charge in [0.15, 0.2) is 0 Å². The normalized spacial score (nSPS) is 10.1. The molecule has 0 spiro atoms. The van der Waals surface area contributed by atoms with Crippen LogP contribution in [0.4, 0.5) is 15.3 Å². The first-order valence-electron chi connectivity index (χ1n) is 24.7. The number of rotatable bonds is 35. The number of nitro groups is 1. The third-order valence-corrected chi connectivity index (χ3v) is 10.7. The van der Waals surface area contributed by atoms with Gasteiger partial charge in [0.25, 0.3) is 12.2 Å². The SMILES string of the molecule is CCN(C)C(=O)N(C)CCCC/C=C\CCCCCCCCCC(=O)OC.CCN(C)C(=O)Oc1ccc([N+](=O)[O-])cc1.CNCCCC/C=C\CCCCCCCCCC(=O)OC.O=CO[O-].[H-].[K+].[K+]. The van der Waals surface area contributed by atoms with Crippen molar-refractivity contribution < 1.29 is 157 Å². The Morgan fingerprint density at radius 1 is 0.614 bits per heavy atom. The van der Waals surface area contributed by atoms with Crippen LogP contribution < -0.4 is 118 Å². The number of carbonyl (C=O) groups is 5. The quantitative estimate of drug-likeness (QED) is 0.0144. The van der Waals surface area contributed by atoms with E-state index in [1.54, 1.807) is 11.9 Å². The molecule has 70 heavy (non-hydrogen) atoms. The summed E-state index contributed by atoms with van der Waals surface area (Å²) in [5.74, 6) is 0.120. The molecular formula is C51H91K2N5O12. The van der Waals surface area contributed by atoms with Gasteiger partial charge in [0.2, 0.25) is 0 Å². The molecule has 0 bridgehead atoms. The Kier molecular flexibility index (Phi) is 65.9. The van der Waals surface area contributed by atoms with E-state index in [0.717, 1.165) is 64.6 Å². The molecule has 1 aromatic rings. The number of ether oxygens (including phenoxy) is 3. The number of allylic oxidation sites excluding steroid dienone is 4. The van der Waals surface area contributed by atoms with E-state index in [-0.39, 0.29) is 140 Å². The average Bonchev–Trinajstić information content (AvgIpc) is 3.35.